The first-order chi connectivity index (χ1) is 11.2. The minimum atomic E-state index is -3.95. The van der Waals surface area contributed by atoms with Gasteiger partial charge < -0.3 is 10.0 Å². The first-order valence-corrected chi connectivity index (χ1v) is 9.12. The first kappa shape index (κ1) is 18.4. The Morgan fingerprint density at radius 1 is 1.33 bits per heavy atom. The summed E-state index contributed by atoms with van der Waals surface area (Å²) < 4.78 is 29.2. The van der Waals surface area contributed by atoms with Gasteiger partial charge in [-0.3, -0.25) is 8.98 Å². The molecule has 132 valence electrons. The van der Waals surface area contributed by atoms with Crippen LogP contribution in [0.15, 0.2) is 29.2 Å². The maximum atomic E-state index is 12.3. The van der Waals surface area contributed by atoms with Crippen LogP contribution in [0.3, 0.4) is 0 Å². The van der Waals surface area contributed by atoms with E-state index in [1.807, 2.05) is 6.92 Å². The Balaban J connectivity index is 1.99. The maximum Gasteiger partial charge on any atom is 0.326 e. The average molecular weight is 355 g/mol. The van der Waals surface area contributed by atoms with Gasteiger partial charge in [-0.15, -0.1) is 0 Å². The molecule has 1 unspecified atom stereocenters. The van der Waals surface area contributed by atoms with Crippen LogP contribution in [-0.4, -0.2) is 49.5 Å². The zero-order valence-electron chi connectivity index (χ0n) is 13.6. The van der Waals surface area contributed by atoms with E-state index in [1.165, 1.54) is 24.0 Å². The molecule has 7 nitrogen and oxygen atoms in total. The number of carbonyl (C=O) groups excluding carboxylic acids is 1. The Morgan fingerprint density at radius 3 is 2.54 bits per heavy atom. The van der Waals surface area contributed by atoms with Crippen molar-refractivity contribution in [1.82, 2.24) is 4.90 Å². The summed E-state index contributed by atoms with van der Waals surface area (Å²) in [5, 5.41) is 9.12. The molecular weight excluding hydrogens is 334 g/mol. The van der Waals surface area contributed by atoms with Gasteiger partial charge in [0.2, 0.25) is 5.91 Å². The largest absolute Gasteiger partial charge is 0.480 e. The van der Waals surface area contributed by atoms with Crippen LogP contribution >= 0.6 is 0 Å². The molecule has 1 N–H and O–H groups in total. The van der Waals surface area contributed by atoms with Gasteiger partial charge in [-0.1, -0.05) is 24.6 Å². The SMILES string of the molecule is Cc1ccc(S(=O)(=O)OCC(C)C(=O)N2CCC[C@H]2C(=O)O)cc1. The van der Waals surface area contributed by atoms with E-state index in [9.17, 15) is 18.0 Å². The fourth-order valence-corrected chi connectivity index (χ4v) is 3.59. The molecule has 0 radical (unpaired) electrons. The summed E-state index contributed by atoms with van der Waals surface area (Å²) in [6.07, 6.45) is 1.04. The van der Waals surface area contributed by atoms with Crippen molar-refractivity contribution in [3.05, 3.63) is 29.8 Å². The number of hydrogen-bond acceptors (Lipinski definition) is 5. The van der Waals surface area contributed by atoms with Crippen LogP contribution < -0.4 is 0 Å². The lowest BCUT2D eigenvalue weighted by Crippen LogP contribution is -2.44. The van der Waals surface area contributed by atoms with Crippen LogP contribution in [0.2, 0.25) is 0 Å². The van der Waals surface area contributed by atoms with Gasteiger partial charge in [-0.2, -0.15) is 8.42 Å². The fourth-order valence-electron chi connectivity index (χ4n) is 2.61. The van der Waals surface area contributed by atoms with Crippen molar-refractivity contribution in [1.29, 1.82) is 0 Å². The summed E-state index contributed by atoms with van der Waals surface area (Å²) in [5.41, 5.74) is 0.922. The molecule has 2 rings (SSSR count). The number of nitrogens with zero attached hydrogens (tertiary/aromatic N) is 1. The highest BCUT2D eigenvalue weighted by atomic mass is 32.2. The zero-order valence-corrected chi connectivity index (χ0v) is 14.5. The number of hydrogen-bond donors (Lipinski definition) is 1. The van der Waals surface area contributed by atoms with Gasteiger partial charge in [0.05, 0.1) is 17.4 Å². The Kier molecular flexibility index (Phi) is 5.61. The van der Waals surface area contributed by atoms with Crippen molar-refractivity contribution < 1.29 is 27.3 Å². The number of aryl methyl sites for hydroxylation is 1. The molecular formula is C16H21NO6S. The molecule has 0 aromatic heterocycles. The lowest BCUT2D eigenvalue weighted by Gasteiger charge is -2.24. The topological polar surface area (TPSA) is 101 Å². The summed E-state index contributed by atoms with van der Waals surface area (Å²) in [6.45, 7) is 3.42. The van der Waals surface area contributed by atoms with E-state index in [4.69, 9.17) is 9.29 Å². The van der Waals surface area contributed by atoms with Crippen molar-refractivity contribution in [2.24, 2.45) is 5.92 Å². The molecule has 2 atom stereocenters. The minimum absolute atomic E-state index is 0.0253. The summed E-state index contributed by atoms with van der Waals surface area (Å²) in [5.74, 6) is -2.19. The van der Waals surface area contributed by atoms with Gasteiger partial charge in [0.1, 0.15) is 6.04 Å². The van der Waals surface area contributed by atoms with Gasteiger partial charge in [-0.05, 0) is 31.9 Å². The number of carboxylic acids is 1. The van der Waals surface area contributed by atoms with Gasteiger partial charge in [0.15, 0.2) is 0 Å². The Labute approximate surface area is 141 Å². The molecule has 1 amide bonds. The van der Waals surface area contributed by atoms with Gasteiger partial charge >= 0.3 is 5.97 Å². The van der Waals surface area contributed by atoms with Crippen molar-refractivity contribution in [2.45, 2.75) is 37.6 Å². The number of aliphatic carboxylic acids is 1. The average Bonchev–Trinajstić information content (AvgIpc) is 3.02. The smallest absolute Gasteiger partial charge is 0.326 e. The second-order valence-electron chi connectivity index (χ2n) is 5.98. The van der Waals surface area contributed by atoms with E-state index < -0.39 is 34.0 Å². The monoisotopic (exact) mass is 355 g/mol. The lowest BCUT2D eigenvalue weighted by atomic mass is 10.1. The zero-order chi connectivity index (χ0) is 17.9. The third-order valence-corrected chi connectivity index (χ3v) is 5.32. The Bertz CT molecular complexity index is 713. The number of amides is 1. The van der Waals surface area contributed by atoms with Gasteiger partial charge in [-0.25, -0.2) is 4.79 Å². The van der Waals surface area contributed by atoms with Crippen LogP contribution in [-0.2, 0) is 23.9 Å². The molecule has 1 aliphatic rings. The van der Waals surface area contributed by atoms with Crippen molar-refractivity contribution in [3.8, 4) is 0 Å². The molecule has 0 aliphatic carbocycles. The van der Waals surface area contributed by atoms with E-state index in [-0.39, 0.29) is 11.5 Å². The predicted molar refractivity (Wildman–Crippen MR) is 85.9 cm³/mol. The molecule has 1 aliphatic heterocycles. The molecule has 1 heterocycles. The molecule has 1 saturated heterocycles. The maximum absolute atomic E-state index is 12.3. The van der Waals surface area contributed by atoms with E-state index in [0.29, 0.717) is 19.4 Å². The second-order valence-corrected chi connectivity index (χ2v) is 7.60. The second kappa shape index (κ2) is 7.31. The number of benzene rings is 1. The van der Waals surface area contributed by atoms with E-state index in [2.05, 4.69) is 0 Å². The van der Waals surface area contributed by atoms with Crippen LogP contribution in [0.4, 0.5) is 0 Å². The lowest BCUT2D eigenvalue weighted by molar-refractivity contribution is -0.150. The Hall–Kier alpha value is -1.93. The summed E-state index contributed by atoms with van der Waals surface area (Å²) >= 11 is 0. The quantitative estimate of drug-likeness (QED) is 0.774. The van der Waals surface area contributed by atoms with Crippen LogP contribution in [0, 0.1) is 12.8 Å². The highest BCUT2D eigenvalue weighted by Crippen LogP contribution is 2.21. The van der Waals surface area contributed by atoms with Crippen LogP contribution in [0.5, 0.6) is 0 Å². The molecule has 8 heteroatoms. The van der Waals surface area contributed by atoms with E-state index in [1.54, 1.807) is 12.1 Å². The standard InChI is InChI=1S/C16H21NO6S/c1-11-5-7-13(8-6-11)24(21,22)23-10-12(2)15(18)17-9-3-4-14(17)16(19)20/h5-8,12,14H,3-4,9-10H2,1-2H3,(H,19,20)/t12?,14-/m0/s1. The van der Waals surface area contributed by atoms with Crippen molar-refractivity contribution in [3.63, 3.8) is 0 Å². The normalized spacial score (nSPS) is 19.2. The third-order valence-electron chi connectivity index (χ3n) is 4.03. The number of rotatable bonds is 6. The number of carbonyl (C=O) groups is 2. The molecule has 1 fully saturated rings. The van der Waals surface area contributed by atoms with Gasteiger partial charge in [0, 0.05) is 6.54 Å². The van der Waals surface area contributed by atoms with Crippen molar-refractivity contribution in [2.75, 3.05) is 13.2 Å². The third kappa shape index (κ3) is 4.12. The summed E-state index contributed by atoms with van der Waals surface area (Å²) in [6, 6.07) is 5.36. The van der Waals surface area contributed by atoms with E-state index >= 15 is 0 Å². The Morgan fingerprint density at radius 2 is 1.96 bits per heavy atom. The number of carboxylic acid groups (broad SMARTS) is 1. The predicted octanol–water partition coefficient (Wildman–Crippen LogP) is 1.41. The van der Waals surface area contributed by atoms with Gasteiger partial charge in [0.25, 0.3) is 10.1 Å². The molecule has 1 aromatic rings. The van der Waals surface area contributed by atoms with Crippen molar-refractivity contribution >= 4 is 22.0 Å². The first-order valence-electron chi connectivity index (χ1n) is 7.72. The summed E-state index contributed by atoms with van der Waals surface area (Å²) in [4.78, 5) is 24.8. The summed E-state index contributed by atoms with van der Waals surface area (Å²) in [7, 11) is -3.95. The fraction of sp³-hybridized carbons (Fsp3) is 0.500. The molecule has 0 saturated carbocycles. The molecule has 0 bridgehead atoms. The molecule has 0 spiro atoms. The molecule has 24 heavy (non-hydrogen) atoms. The highest BCUT2D eigenvalue weighted by Gasteiger charge is 2.36. The molecule has 1 aromatic carbocycles. The minimum Gasteiger partial charge on any atom is -0.480 e. The number of likely N-dealkylation sites (tertiary alicyclic amines) is 1. The van der Waals surface area contributed by atoms with Crippen LogP contribution in [0.1, 0.15) is 25.3 Å². The highest BCUT2D eigenvalue weighted by molar-refractivity contribution is 7.86. The van der Waals surface area contributed by atoms with Crippen LogP contribution in [0.25, 0.3) is 0 Å². The van der Waals surface area contributed by atoms with E-state index in [0.717, 1.165) is 5.56 Å².